The van der Waals surface area contributed by atoms with Gasteiger partial charge >= 0.3 is 6.09 Å². The molecule has 3 heterocycles. The van der Waals surface area contributed by atoms with Gasteiger partial charge in [0.1, 0.15) is 5.82 Å². The van der Waals surface area contributed by atoms with Gasteiger partial charge in [0.05, 0.1) is 17.5 Å². The molecule has 1 N–H and O–H groups in total. The minimum absolute atomic E-state index is 0.171. The number of fused-ring (bicyclic) bond motifs is 2. The van der Waals surface area contributed by atoms with Crippen LogP contribution in [0.5, 0.6) is 0 Å². The Labute approximate surface area is 196 Å². The van der Waals surface area contributed by atoms with Crippen LogP contribution in [-0.4, -0.2) is 48.5 Å². The predicted molar refractivity (Wildman–Crippen MR) is 130 cm³/mol. The van der Waals surface area contributed by atoms with E-state index >= 15 is 0 Å². The molecule has 4 rings (SSSR count). The molecule has 2 aliphatic heterocycles. The van der Waals surface area contributed by atoms with E-state index in [9.17, 15) is 4.79 Å². The number of allylic oxidation sites excluding steroid dienone is 1. The van der Waals surface area contributed by atoms with Crippen molar-refractivity contribution in [2.24, 2.45) is 0 Å². The maximum Gasteiger partial charge on any atom is 0.409 e. The first kappa shape index (κ1) is 22.3. The molecule has 2 aromatic rings. The van der Waals surface area contributed by atoms with Gasteiger partial charge in [0.15, 0.2) is 5.13 Å². The lowest BCUT2D eigenvalue weighted by atomic mass is 9.81. The molecule has 1 unspecified atom stereocenters. The standard InChI is InChI=1S/C22H27ClN4O2S2/c1-4-10-30-19-12-24-20(31-19)25-18(5-2)27-14-22(8-9-26(13-22)21(28)29-3)16-11-15(23)6-7-17(16)27/h5-7,11-12H,4,8-10,13-14H2,1-3H3,(H,24,25). The predicted octanol–water partition coefficient (Wildman–Crippen LogP) is 5.80. The van der Waals surface area contributed by atoms with Gasteiger partial charge in [0, 0.05) is 35.8 Å². The van der Waals surface area contributed by atoms with Crippen LogP contribution in [-0.2, 0) is 10.2 Å². The molecule has 0 radical (unpaired) electrons. The van der Waals surface area contributed by atoms with Gasteiger partial charge in [-0.05, 0) is 55.4 Å². The zero-order valence-corrected chi connectivity index (χ0v) is 20.4. The average molecular weight is 479 g/mol. The van der Waals surface area contributed by atoms with Gasteiger partial charge in [-0.1, -0.05) is 29.9 Å². The molecule has 1 spiro atoms. The number of nitrogens with one attached hydrogen (secondary N) is 1. The number of rotatable bonds is 6. The Morgan fingerprint density at radius 2 is 2.29 bits per heavy atom. The van der Waals surface area contributed by atoms with E-state index in [2.05, 4.69) is 34.3 Å². The van der Waals surface area contributed by atoms with Crippen molar-refractivity contribution in [2.75, 3.05) is 42.7 Å². The van der Waals surface area contributed by atoms with Crippen molar-refractivity contribution in [3.63, 3.8) is 0 Å². The largest absolute Gasteiger partial charge is 0.453 e. The summed E-state index contributed by atoms with van der Waals surface area (Å²) in [6.07, 6.45) is 5.75. The van der Waals surface area contributed by atoms with Crippen molar-refractivity contribution >= 4 is 51.6 Å². The number of methoxy groups -OCH3 is 1. The third-order valence-corrected chi connectivity index (χ3v) is 8.35. The van der Waals surface area contributed by atoms with E-state index < -0.39 is 0 Å². The third kappa shape index (κ3) is 4.38. The fourth-order valence-electron chi connectivity index (χ4n) is 4.35. The van der Waals surface area contributed by atoms with Gasteiger partial charge in [0.2, 0.25) is 0 Å². The summed E-state index contributed by atoms with van der Waals surface area (Å²) in [5.41, 5.74) is 2.13. The molecule has 1 aromatic carbocycles. The highest BCUT2D eigenvalue weighted by Crippen LogP contribution is 2.48. The minimum Gasteiger partial charge on any atom is -0.453 e. The lowest BCUT2D eigenvalue weighted by Crippen LogP contribution is -2.38. The molecular weight excluding hydrogens is 452 g/mol. The number of thioether (sulfide) groups is 1. The summed E-state index contributed by atoms with van der Waals surface area (Å²) in [5.74, 6) is 2.08. The molecule has 0 aliphatic carbocycles. The van der Waals surface area contributed by atoms with Crippen molar-refractivity contribution in [1.82, 2.24) is 9.88 Å². The summed E-state index contributed by atoms with van der Waals surface area (Å²) >= 11 is 9.89. The first-order valence-corrected chi connectivity index (χ1v) is 12.6. The molecule has 2 aliphatic rings. The van der Waals surface area contributed by atoms with E-state index in [0.29, 0.717) is 18.1 Å². The van der Waals surface area contributed by atoms with E-state index in [-0.39, 0.29) is 11.5 Å². The lowest BCUT2D eigenvalue weighted by Gasteiger charge is -2.27. The SMILES string of the molecule is CC=C(Nc1ncc(SCCC)s1)N1CC2(CCN(C(=O)OC)C2)c2cc(Cl)ccc21. The number of carbonyl (C=O) groups excluding carboxylic acids is 1. The maximum atomic E-state index is 12.2. The minimum atomic E-state index is -0.275. The van der Waals surface area contributed by atoms with E-state index in [0.717, 1.165) is 41.8 Å². The zero-order chi connectivity index (χ0) is 22.0. The summed E-state index contributed by atoms with van der Waals surface area (Å²) in [4.78, 5) is 20.8. The van der Waals surface area contributed by atoms with Gasteiger partial charge in [-0.15, -0.1) is 11.8 Å². The number of benzene rings is 1. The lowest BCUT2D eigenvalue weighted by molar-refractivity contribution is 0.131. The number of aromatic nitrogens is 1. The van der Waals surface area contributed by atoms with Gasteiger partial charge in [-0.25, -0.2) is 9.78 Å². The van der Waals surface area contributed by atoms with E-state index in [1.165, 1.54) is 16.9 Å². The Bertz CT molecular complexity index is 996. The Morgan fingerprint density at radius 3 is 3.03 bits per heavy atom. The maximum absolute atomic E-state index is 12.2. The molecule has 1 amide bonds. The van der Waals surface area contributed by atoms with Crippen LogP contribution in [0.4, 0.5) is 15.6 Å². The topological polar surface area (TPSA) is 57.7 Å². The highest BCUT2D eigenvalue weighted by molar-refractivity contribution is 8.01. The van der Waals surface area contributed by atoms with Crippen LogP contribution < -0.4 is 10.2 Å². The highest BCUT2D eigenvalue weighted by atomic mass is 35.5. The van der Waals surface area contributed by atoms with Crippen LogP contribution in [0.25, 0.3) is 0 Å². The van der Waals surface area contributed by atoms with Crippen molar-refractivity contribution in [3.8, 4) is 0 Å². The second-order valence-electron chi connectivity index (χ2n) is 7.80. The van der Waals surface area contributed by atoms with Gasteiger partial charge < -0.3 is 19.9 Å². The fraction of sp³-hybridized carbons (Fsp3) is 0.455. The van der Waals surface area contributed by atoms with Crippen LogP contribution in [0, 0.1) is 0 Å². The van der Waals surface area contributed by atoms with Crippen molar-refractivity contribution < 1.29 is 9.53 Å². The van der Waals surface area contributed by atoms with Crippen LogP contribution in [0.3, 0.4) is 0 Å². The van der Waals surface area contributed by atoms with Crippen molar-refractivity contribution in [1.29, 1.82) is 0 Å². The molecule has 1 aromatic heterocycles. The number of nitrogens with zero attached hydrogens (tertiary/aromatic N) is 3. The molecule has 0 bridgehead atoms. The van der Waals surface area contributed by atoms with Gasteiger partial charge in [-0.2, -0.15) is 0 Å². The second-order valence-corrected chi connectivity index (χ2v) is 10.7. The molecule has 0 saturated carbocycles. The van der Waals surface area contributed by atoms with Crippen LogP contribution in [0.2, 0.25) is 5.02 Å². The number of hydrogen-bond donors (Lipinski definition) is 1. The Balaban J connectivity index is 1.60. The van der Waals surface area contributed by atoms with E-state index in [1.807, 2.05) is 37.0 Å². The summed E-state index contributed by atoms with van der Waals surface area (Å²) in [6, 6.07) is 6.05. The molecule has 1 atom stereocenters. The fourth-order valence-corrected chi connectivity index (χ4v) is 6.34. The van der Waals surface area contributed by atoms with E-state index in [1.54, 1.807) is 16.2 Å². The molecule has 1 fully saturated rings. The first-order chi connectivity index (χ1) is 15.0. The zero-order valence-electron chi connectivity index (χ0n) is 18.0. The summed E-state index contributed by atoms with van der Waals surface area (Å²) in [7, 11) is 1.43. The molecule has 166 valence electrons. The first-order valence-electron chi connectivity index (χ1n) is 10.4. The van der Waals surface area contributed by atoms with Crippen molar-refractivity contribution in [2.45, 2.75) is 36.3 Å². The normalized spacial score (nSPS) is 20.5. The summed E-state index contributed by atoms with van der Waals surface area (Å²) in [5, 5.41) is 5.11. The van der Waals surface area contributed by atoms with Crippen LogP contribution >= 0.6 is 34.7 Å². The van der Waals surface area contributed by atoms with Gasteiger partial charge in [0.25, 0.3) is 0 Å². The molecular formula is C22H27ClN4O2S2. The van der Waals surface area contributed by atoms with E-state index in [4.69, 9.17) is 16.3 Å². The number of carbonyl (C=O) groups is 1. The molecule has 31 heavy (non-hydrogen) atoms. The third-order valence-electron chi connectivity index (χ3n) is 5.80. The Hall–Kier alpha value is -1.90. The Kier molecular flexibility index (Phi) is 6.69. The average Bonchev–Trinajstić information content (AvgIpc) is 3.49. The molecule has 6 nitrogen and oxygen atoms in total. The number of likely N-dealkylation sites (tertiary alicyclic amines) is 1. The number of anilines is 2. The molecule has 1 saturated heterocycles. The monoisotopic (exact) mass is 478 g/mol. The number of halogens is 1. The number of amides is 1. The number of thiazole rings is 1. The molecule has 9 heteroatoms. The summed E-state index contributed by atoms with van der Waals surface area (Å²) in [6.45, 7) is 6.28. The smallest absolute Gasteiger partial charge is 0.409 e. The quantitative estimate of drug-likeness (QED) is 0.529. The van der Waals surface area contributed by atoms with Gasteiger partial charge in [-0.3, -0.25) is 0 Å². The summed E-state index contributed by atoms with van der Waals surface area (Å²) < 4.78 is 6.19. The Morgan fingerprint density at radius 1 is 1.45 bits per heavy atom. The van der Waals surface area contributed by atoms with Crippen molar-refractivity contribution in [3.05, 3.63) is 46.9 Å². The number of ether oxygens (including phenoxy) is 1. The second kappa shape index (κ2) is 9.30. The number of hydrogen-bond acceptors (Lipinski definition) is 7. The highest BCUT2D eigenvalue weighted by Gasteiger charge is 2.49. The van der Waals surface area contributed by atoms with Crippen LogP contribution in [0.15, 0.2) is 40.5 Å². The van der Waals surface area contributed by atoms with Crippen LogP contribution in [0.1, 0.15) is 32.3 Å².